The van der Waals surface area contributed by atoms with E-state index < -0.39 is 0 Å². The van der Waals surface area contributed by atoms with Gasteiger partial charge < -0.3 is 13.9 Å². The van der Waals surface area contributed by atoms with Crippen LogP contribution in [-0.2, 0) is 0 Å². The predicted molar refractivity (Wildman–Crippen MR) is 294 cm³/mol. The van der Waals surface area contributed by atoms with Crippen molar-refractivity contribution in [2.45, 2.75) is 6.92 Å². The number of rotatable bonds is 7. The van der Waals surface area contributed by atoms with Crippen molar-refractivity contribution in [3.63, 3.8) is 0 Å². The minimum absolute atomic E-state index is 0.904. The Kier molecular flexibility index (Phi) is 8.98. The van der Waals surface area contributed by atoms with E-state index in [2.05, 4.69) is 247 Å². The largest absolute Gasteiger partial charge is 0.455 e. The summed E-state index contributed by atoms with van der Waals surface area (Å²) in [6, 6.07) is 86.3. The number of aromatic nitrogens is 1. The number of hydrogen-bond donors (Lipinski definition) is 0. The molecule has 4 heteroatoms. The van der Waals surface area contributed by atoms with Gasteiger partial charge in [-0.1, -0.05) is 170 Å². The number of fused-ring (bicyclic) bond motifs is 10. The highest BCUT2D eigenvalue weighted by Crippen LogP contribution is 2.50. The van der Waals surface area contributed by atoms with Crippen molar-refractivity contribution in [3.8, 4) is 39.1 Å². The van der Waals surface area contributed by atoms with E-state index in [0.717, 1.165) is 55.8 Å². The Labute approximate surface area is 403 Å². The summed E-state index contributed by atoms with van der Waals surface area (Å²) in [7, 11) is 0. The zero-order chi connectivity index (χ0) is 45.6. The Bertz CT molecular complexity index is 4280. The molecular formula is C65H42N2OS. The number of nitrogens with zero attached hydrogens (tertiary/aromatic N) is 2. The Morgan fingerprint density at radius 2 is 1.04 bits per heavy atom. The molecule has 0 amide bonds. The highest BCUT2D eigenvalue weighted by Gasteiger charge is 2.23. The van der Waals surface area contributed by atoms with Crippen LogP contribution in [0.15, 0.2) is 241 Å². The number of aryl methyl sites for hydroxylation is 1. The molecule has 0 unspecified atom stereocenters. The van der Waals surface area contributed by atoms with E-state index in [1.54, 1.807) is 0 Å². The molecule has 0 aliphatic rings. The molecule has 0 fully saturated rings. The molecule has 0 atom stereocenters. The van der Waals surface area contributed by atoms with Crippen molar-refractivity contribution in [2.75, 3.05) is 4.90 Å². The number of furan rings is 1. The van der Waals surface area contributed by atoms with Gasteiger partial charge in [0.25, 0.3) is 0 Å². The smallest absolute Gasteiger partial charge is 0.143 e. The Hall–Kier alpha value is -8.70. The zero-order valence-corrected chi connectivity index (χ0v) is 38.5. The molecule has 0 spiro atoms. The lowest BCUT2D eigenvalue weighted by Crippen LogP contribution is -2.11. The molecule has 0 saturated heterocycles. The quantitative estimate of drug-likeness (QED) is 0.159. The first-order valence-corrected chi connectivity index (χ1v) is 24.4. The summed E-state index contributed by atoms with van der Waals surface area (Å²) < 4.78 is 11.5. The van der Waals surface area contributed by atoms with Gasteiger partial charge in [0.05, 0.1) is 16.7 Å². The van der Waals surface area contributed by atoms with Gasteiger partial charge in [0.15, 0.2) is 0 Å². The zero-order valence-electron chi connectivity index (χ0n) is 37.7. The van der Waals surface area contributed by atoms with Gasteiger partial charge in [-0.05, 0) is 118 Å². The Balaban J connectivity index is 0.963. The summed E-state index contributed by atoms with van der Waals surface area (Å²) in [5.74, 6) is 0. The van der Waals surface area contributed by atoms with E-state index in [0.29, 0.717) is 0 Å². The van der Waals surface area contributed by atoms with Crippen molar-refractivity contribution in [1.29, 1.82) is 0 Å². The first kappa shape index (κ1) is 39.5. The molecule has 0 N–H and O–H groups in total. The standard InChI is InChI=1S/C65H42N2OS/c1-41-39-47(35-36-48(41)55-25-14-26-56-54-22-6-10-29-61(54)68-64(55)56)66(45-33-31-43(32-34-45)50-24-13-16-42-15-2-3-19-49(42)50)60-38-37-51(65-63(60)57-23-7-11-30-62(57)69-65)44-17-12-18-46(40-44)67-58-27-8-4-20-52(58)53-21-5-9-28-59(53)67/h2-40H,1H3. The predicted octanol–water partition coefficient (Wildman–Crippen LogP) is 19.0. The number of benzene rings is 11. The summed E-state index contributed by atoms with van der Waals surface area (Å²) in [5.41, 5.74) is 16.9. The lowest BCUT2D eigenvalue weighted by molar-refractivity contribution is 0.670. The van der Waals surface area contributed by atoms with Crippen molar-refractivity contribution in [1.82, 2.24) is 4.57 Å². The maximum atomic E-state index is 6.57. The van der Waals surface area contributed by atoms with E-state index in [4.69, 9.17) is 4.42 Å². The second-order valence-corrected chi connectivity index (χ2v) is 19.1. The summed E-state index contributed by atoms with van der Waals surface area (Å²) in [6.45, 7) is 2.23. The van der Waals surface area contributed by atoms with Crippen LogP contribution in [0.1, 0.15) is 5.56 Å². The van der Waals surface area contributed by atoms with Gasteiger partial charge >= 0.3 is 0 Å². The fourth-order valence-corrected chi connectivity index (χ4v) is 12.2. The van der Waals surface area contributed by atoms with Gasteiger partial charge in [0, 0.05) is 64.3 Å². The fraction of sp³-hybridized carbons (Fsp3) is 0.0154. The lowest BCUT2D eigenvalue weighted by Gasteiger charge is -2.28. The molecule has 0 radical (unpaired) electrons. The van der Waals surface area contributed by atoms with E-state index in [9.17, 15) is 0 Å². The maximum Gasteiger partial charge on any atom is 0.143 e. The Morgan fingerprint density at radius 3 is 1.86 bits per heavy atom. The highest BCUT2D eigenvalue weighted by molar-refractivity contribution is 7.26. The second kappa shape index (κ2) is 15.7. The number of thiophene rings is 1. The molecule has 11 aromatic carbocycles. The van der Waals surface area contributed by atoms with E-state index in [-0.39, 0.29) is 0 Å². The number of para-hydroxylation sites is 4. The fourth-order valence-electron chi connectivity index (χ4n) is 11.0. The third-order valence-electron chi connectivity index (χ3n) is 14.1. The molecule has 3 nitrogen and oxygen atoms in total. The lowest BCUT2D eigenvalue weighted by atomic mass is 9.96. The molecule has 324 valence electrons. The van der Waals surface area contributed by atoms with Crippen LogP contribution in [0.25, 0.3) is 114 Å². The van der Waals surface area contributed by atoms with Crippen LogP contribution in [0.2, 0.25) is 0 Å². The van der Waals surface area contributed by atoms with Crippen molar-refractivity contribution in [2.24, 2.45) is 0 Å². The van der Waals surface area contributed by atoms with Crippen LogP contribution < -0.4 is 4.90 Å². The molecule has 69 heavy (non-hydrogen) atoms. The third-order valence-corrected chi connectivity index (χ3v) is 15.3. The van der Waals surface area contributed by atoms with Crippen LogP contribution >= 0.6 is 11.3 Å². The summed E-state index contributed by atoms with van der Waals surface area (Å²) in [5, 5.41) is 9.76. The van der Waals surface area contributed by atoms with Crippen LogP contribution in [0, 0.1) is 6.92 Å². The topological polar surface area (TPSA) is 21.3 Å². The SMILES string of the molecule is Cc1cc(N(c2ccc(-c3cccc4ccccc34)cc2)c2ccc(-c3cccc(-n4c5ccccc5c5ccccc54)c3)c3sc4ccccc4c23)ccc1-c1cccc2c1oc1ccccc12. The molecule has 0 aliphatic heterocycles. The summed E-state index contributed by atoms with van der Waals surface area (Å²) in [4.78, 5) is 2.46. The molecule has 0 bridgehead atoms. The molecular weight excluding hydrogens is 857 g/mol. The van der Waals surface area contributed by atoms with Crippen LogP contribution in [-0.4, -0.2) is 4.57 Å². The third kappa shape index (κ3) is 6.26. The molecule has 0 aliphatic carbocycles. The average Bonchev–Trinajstić information content (AvgIpc) is 4.10. The van der Waals surface area contributed by atoms with Gasteiger partial charge in [0.2, 0.25) is 0 Å². The first-order chi connectivity index (χ1) is 34.1. The van der Waals surface area contributed by atoms with Crippen molar-refractivity contribution < 1.29 is 4.42 Å². The molecule has 0 saturated carbocycles. The first-order valence-electron chi connectivity index (χ1n) is 23.6. The second-order valence-electron chi connectivity index (χ2n) is 18.0. The number of hydrogen-bond acceptors (Lipinski definition) is 3. The van der Waals surface area contributed by atoms with Crippen LogP contribution in [0.4, 0.5) is 17.1 Å². The normalized spacial score (nSPS) is 11.8. The van der Waals surface area contributed by atoms with E-state index >= 15 is 0 Å². The minimum atomic E-state index is 0.904. The van der Waals surface area contributed by atoms with Crippen molar-refractivity contribution >= 4 is 103 Å². The molecule has 3 aromatic heterocycles. The average molecular weight is 899 g/mol. The van der Waals surface area contributed by atoms with Gasteiger partial charge in [-0.2, -0.15) is 0 Å². The molecule has 14 rings (SSSR count). The van der Waals surface area contributed by atoms with Gasteiger partial charge in [-0.3, -0.25) is 0 Å². The van der Waals surface area contributed by atoms with Crippen LogP contribution in [0.3, 0.4) is 0 Å². The minimum Gasteiger partial charge on any atom is -0.455 e. The van der Waals surface area contributed by atoms with E-state index in [1.807, 2.05) is 17.4 Å². The summed E-state index contributed by atoms with van der Waals surface area (Å²) in [6.07, 6.45) is 0. The van der Waals surface area contributed by atoms with E-state index in [1.165, 1.54) is 80.6 Å². The molecule has 3 heterocycles. The Morgan fingerprint density at radius 1 is 0.420 bits per heavy atom. The van der Waals surface area contributed by atoms with Gasteiger partial charge in [0.1, 0.15) is 11.2 Å². The maximum absolute atomic E-state index is 6.57. The monoisotopic (exact) mass is 898 g/mol. The summed E-state index contributed by atoms with van der Waals surface area (Å²) >= 11 is 1.88. The van der Waals surface area contributed by atoms with Crippen LogP contribution in [0.5, 0.6) is 0 Å². The van der Waals surface area contributed by atoms with Crippen molar-refractivity contribution in [3.05, 3.63) is 242 Å². The molecule has 14 aromatic rings. The van der Waals surface area contributed by atoms with Gasteiger partial charge in [-0.15, -0.1) is 11.3 Å². The number of anilines is 3. The highest BCUT2D eigenvalue weighted by atomic mass is 32.1. The van der Waals surface area contributed by atoms with Gasteiger partial charge in [-0.25, -0.2) is 0 Å².